The van der Waals surface area contributed by atoms with Crippen molar-refractivity contribution in [3.05, 3.63) is 58.3 Å². The van der Waals surface area contributed by atoms with Crippen LogP contribution in [0.3, 0.4) is 0 Å². The summed E-state index contributed by atoms with van der Waals surface area (Å²) in [6.45, 7) is 8.65. The molecule has 1 aromatic rings. The summed E-state index contributed by atoms with van der Waals surface area (Å²) in [6, 6.07) is 3.82. The number of hydrogen-bond acceptors (Lipinski definition) is 4. The maximum atomic E-state index is 13.8. The molecule has 2 aliphatic rings. The van der Waals surface area contributed by atoms with Crippen LogP contribution in [0.4, 0.5) is 8.78 Å². The van der Waals surface area contributed by atoms with Gasteiger partial charge in [-0.3, -0.25) is 4.90 Å². The van der Waals surface area contributed by atoms with Crippen molar-refractivity contribution in [2.75, 3.05) is 26.3 Å². The summed E-state index contributed by atoms with van der Waals surface area (Å²) in [5.41, 5.74) is 2.29. The van der Waals surface area contributed by atoms with Gasteiger partial charge in [-0.15, -0.1) is 0 Å². The third-order valence-corrected chi connectivity index (χ3v) is 5.20. The number of hydrogen-bond donors (Lipinski definition) is 1. The average molecular weight is 392 g/mol. The van der Waals surface area contributed by atoms with Gasteiger partial charge in [0, 0.05) is 25.3 Å². The number of carboxylic acids is 1. The van der Waals surface area contributed by atoms with Crippen molar-refractivity contribution in [1.82, 2.24) is 9.80 Å². The van der Waals surface area contributed by atoms with Crippen molar-refractivity contribution in [1.29, 1.82) is 0 Å². The molecule has 3 rings (SSSR count). The molecule has 0 aliphatic carbocycles. The lowest BCUT2D eigenvalue weighted by atomic mass is 9.92. The molecule has 1 atom stereocenters. The second kappa shape index (κ2) is 8.41. The Labute approximate surface area is 163 Å². The molecule has 28 heavy (non-hydrogen) atoms. The number of halogens is 2. The summed E-state index contributed by atoms with van der Waals surface area (Å²) in [4.78, 5) is 16.2. The molecule has 7 heteroatoms. The van der Waals surface area contributed by atoms with Crippen LogP contribution in [0.15, 0.2) is 41.1 Å². The maximum Gasteiger partial charge on any atom is 0.337 e. The number of morpholine rings is 1. The molecular formula is C21H26F2N2O3. The van der Waals surface area contributed by atoms with E-state index in [1.807, 2.05) is 31.7 Å². The molecule has 0 amide bonds. The predicted octanol–water partition coefficient (Wildman–Crippen LogP) is 3.38. The quantitative estimate of drug-likeness (QED) is 0.833. The van der Waals surface area contributed by atoms with E-state index < -0.39 is 17.6 Å². The number of carboxylic acid groups (broad SMARTS) is 1. The Balaban J connectivity index is 2.05. The van der Waals surface area contributed by atoms with E-state index in [9.17, 15) is 18.7 Å². The first-order chi connectivity index (χ1) is 13.3. The number of allylic oxidation sites excluding steroid dienone is 1. The lowest BCUT2D eigenvalue weighted by molar-refractivity contribution is -0.132. The van der Waals surface area contributed by atoms with Gasteiger partial charge in [-0.05, 0) is 42.2 Å². The molecule has 1 aromatic carbocycles. The van der Waals surface area contributed by atoms with Crippen LogP contribution in [0, 0.1) is 17.6 Å². The molecule has 1 N–H and O–H groups in total. The van der Waals surface area contributed by atoms with Crippen LogP contribution in [0.1, 0.15) is 26.3 Å². The first kappa shape index (κ1) is 20.5. The summed E-state index contributed by atoms with van der Waals surface area (Å²) in [5.74, 6) is -2.83. The van der Waals surface area contributed by atoms with Crippen molar-refractivity contribution in [3.8, 4) is 0 Å². The van der Waals surface area contributed by atoms with Crippen LogP contribution in [-0.2, 0) is 16.1 Å². The van der Waals surface area contributed by atoms with Gasteiger partial charge in [0.15, 0.2) is 11.6 Å². The van der Waals surface area contributed by atoms with Crippen LogP contribution in [-0.4, -0.2) is 53.3 Å². The topological polar surface area (TPSA) is 53.0 Å². The number of ether oxygens (including phenoxy) is 1. The van der Waals surface area contributed by atoms with Gasteiger partial charge in [0.05, 0.1) is 18.8 Å². The number of benzene rings is 1. The maximum absolute atomic E-state index is 13.8. The van der Waals surface area contributed by atoms with E-state index in [1.165, 1.54) is 6.07 Å². The van der Waals surface area contributed by atoms with Gasteiger partial charge < -0.3 is 14.7 Å². The summed E-state index contributed by atoms with van der Waals surface area (Å²) in [7, 11) is 0. The van der Waals surface area contributed by atoms with E-state index in [4.69, 9.17) is 4.74 Å². The molecule has 0 aromatic heterocycles. The SMILES string of the molecule is CC1=CC(N2CCOCC2)N(Cc2ccc(F)c(F)c2)C(C(C)C)=C1C(=O)O. The molecule has 5 nitrogen and oxygen atoms in total. The van der Waals surface area contributed by atoms with Crippen LogP contribution in [0.25, 0.3) is 0 Å². The lowest BCUT2D eigenvalue weighted by Crippen LogP contribution is -2.53. The fourth-order valence-corrected chi connectivity index (χ4v) is 3.94. The Morgan fingerprint density at radius 1 is 1.25 bits per heavy atom. The minimum absolute atomic E-state index is 0.0522. The third-order valence-electron chi connectivity index (χ3n) is 5.20. The van der Waals surface area contributed by atoms with Gasteiger partial charge in [0.1, 0.15) is 6.17 Å². The molecule has 2 aliphatic heterocycles. The summed E-state index contributed by atoms with van der Waals surface area (Å²) in [6.07, 6.45) is 1.78. The van der Waals surface area contributed by atoms with Crippen LogP contribution in [0.5, 0.6) is 0 Å². The molecule has 0 saturated carbocycles. The van der Waals surface area contributed by atoms with Crippen molar-refractivity contribution in [2.24, 2.45) is 5.92 Å². The van der Waals surface area contributed by atoms with E-state index in [1.54, 1.807) is 6.07 Å². The van der Waals surface area contributed by atoms with Gasteiger partial charge >= 0.3 is 5.97 Å². The zero-order chi connectivity index (χ0) is 20.4. The Morgan fingerprint density at radius 2 is 1.93 bits per heavy atom. The summed E-state index contributed by atoms with van der Waals surface area (Å²) in [5, 5.41) is 9.82. The van der Waals surface area contributed by atoms with Crippen molar-refractivity contribution in [3.63, 3.8) is 0 Å². The average Bonchev–Trinajstić information content (AvgIpc) is 2.65. The van der Waals surface area contributed by atoms with Crippen LogP contribution >= 0.6 is 0 Å². The largest absolute Gasteiger partial charge is 0.478 e. The molecule has 0 radical (unpaired) electrons. The van der Waals surface area contributed by atoms with Crippen LogP contribution in [0.2, 0.25) is 0 Å². The molecule has 1 fully saturated rings. The zero-order valence-electron chi connectivity index (χ0n) is 16.4. The minimum atomic E-state index is -0.979. The lowest BCUT2D eigenvalue weighted by Gasteiger charge is -2.46. The molecule has 2 heterocycles. The Hall–Kier alpha value is -2.25. The molecular weight excluding hydrogens is 366 g/mol. The van der Waals surface area contributed by atoms with Crippen molar-refractivity contribution in [2.45, 2.75) is 33.5 Å². The van der Waals surface area contributed by atoms with Gasteiger partial charge in [-0.25, -0.2) is 13.6 Å². The Morgan fingerprint density at radius 3 is 2.50 bits per heavy atom. The van der Waals surface area contributed by atoms with Gasteiger partial charge in [-0.1, -0.05) is 19.9 Å². The van der Waals surface area contributed by atoms with Crippen molar-refractivity contribution >= 4 is 5.97 Å². The van der Waals surface area contributed by atoms with Crippen molar-refractivity contribution < 1.29 is 23.4 Å². The van der Waals surface area contributed by atoms with E-state index in [-0.39, 0.29) is 24.2 Å². The fraction of sp³-hybridized carbons (Fsp3) is 0.476. The highest BCUT2D eigenvalue weighted by atomic mass is 19.2. The number of nitrogens with zero attached hydrogens (tertiary/aromatic N) is 2. The normalized spacial score (nSPS) is 21.3. The molecule has 1 saturated heterocycles. The highest BCUT2D eigenvalue weighted by molar-refractivity contribution is 5.93. The molecule has 1 unspecified atom stereocenters. The van der Waals surface area contributed by atoms with E-state index in [2.05, 4.69) is 4.90 Å². The Bertz CT molecular complexity index is 814. The zero-order valence-corrected chi connectivity index (χ0v) is 16.4. The van der Waals surface area contributed by atoms with Gasteiger partial charge in [0.2, 0.25) is 0 Å². The van der Waals surface area contributed by atoms with Gasteiger partial charge in [-0.2, -0.15) is 0 Å². The van der Waals surface area contributed by atoms with Gasteiger partial charge in [0.25, 0.3) is 0 Å². The third kappa shape index (κ3) is 4.10. The summed E-state index contributed by atoms with van der Waals surface area (Å²) >= 11 is 0. The van der Waals surface area contributed by atoms with E-state index in [0.29, 0.717) is 30.0 Å². The Kier molecular flexibility index (Phi) is 6.15. The smallest absolute Gasteiger partial charge is 0.337 e. The van der Waals surface area contributed by atoms with E-state index in [0.717, 1.165) is 19.2 Å². The second-order valence-electron chi connectivity index (χ2n) is 7.51. The fourth-order valence-electron chi connectivity index (χ4n) is 3.94. The highest BCUT2D eigenvalue weighted by Crippen LogP contribution is 2.35. The first-order valence-electron chi connectivity index (χ1n) is 9.48. The monoisotopic (exact) mass is 392 g/mol. The predicted molar refractivity (Wildman–Crippen MR) is 101 cm³/mol. The highest BCUT2D eigenvalue weighted by Gasteiger charge is 2.35. The summed E-state index contributed by atoms with van der Waals surface area (Å²) < 4.78 is 32.6. The number of aliphatic carboxylic acids is 1. The van der Waals surface area contributed by atoms with E-state index >= 15 is 0 Å². The minimum Gasteiger partial charge on any atom is -0.478 e. The molecule has 0 spiro atoms. The van der Waals surface area contributed by atoms with Crippen LogP contribution < -0.4 is 0 Å². The molecule has 152 valence electrons. The standard InChI is InChI=1S/C21H26F2N2O3/c1-13(2)20-19(21(26)27)14(3)10-18(24-6-8-28-9-7-24)25(20)12-15-4-5-16(22)17(23)11-15/h4-5,10-11,13,18H,6-9,12H2,1-3H3,(H,26,27). The number of rotatable bonds is 5. The first-order valence-corrected chi connectivity index (χ1v) is 9.48. The molecule has 0 bridgehead atoms. The number of carbonyl (C=O) groups is 1. The second-order valence-corrected chi connectivity index (χ2v) is 7.51.